The summed E-state index contributed by atoms with van der Waals surface area (Å²) >= 11 is 6.57. The zero-order valence-electron chi connectivity index (χ0n) is 18.6. The van der Waals surface area contributed by atoms with E-state index in [-0.39, 0.29) is 25.0 Å². The molecule has 3 aromatic rings. The molecule has 0 unspecified atom stereocenters. The van der Waals surface area contributed by atoms with E-state index in [0.717, 1.165) is 16.7 Å². The fourth-order valence-corrected chi connectivity index (χ4v) is 4.33. The third-order valence-corrected chi connectivity index (χ3v) is 6.12. The van der Waals surface area contributed by atoms with E-state index >= 15 is 0 Å². The van der Waals surface area contributed by atoms with Crippen molar-refractivity contribution in [2.45, 2.75) is 19.5 Å². The first-order valence-electron chi connectivity index (χ1n) is 10.9. The van der Waals surface area contributed by atoms with Crippen molar-refractivity contribution >= 4 is 35.2 Å². The maximum absolute atomic E-state index is 13.7. The SMILES string of the molecule is C[C@@H]1CN(C(=O)c2ccc(-c3ccccc3)cc2Cl)c2ccccc2CN1C(=O)NCC(=O)O. The molecule has 1 heterocycles. The van der Waals surface area contributed by atoms with Crippen molar-refractivity contribution in [3.05, 3.63) is 88.9 Å². The summed E-state index contributed by atoms with van der Waals surface area (Å²) in [6, 6.07) is 21.6. The number of nitrogens with one attached hydrogen (secondary N) is 1. The molecule has 0 saturated carbocycles. The van der Waals surface area contributed by atoms with Crippen LogP contribution in [-0.2, 0) is 11.3 Å². The highest BCUT2D eigenvalue weighted by Crippen LogP contribution is 2.31. The summed E-state index contributed by atoms with van der Waals surface area (Å²) in [5.74, 6) is -1.39. The molecule has 0 aliphatic carbocycles. The molecular formula is C26H24ClN3O4. The first kappa shape index (κ1) is 23.3. The lowest BCUT2D eigenvalue weighted by atomic mass is 10.0. The second-order valence-electron chi connectivity index (χ2n) is 8.13. The molecule has 1 aliphatic heterocycles. The van der Waals surface area contributed by atoms with Crippen LogP contribution >= 0.6 is 11.6 Å². The number of rotatable bonds is 4. The van der Waals surface area contributed by atoms with Crippen molar-refractivity contribution < 1.29 is 19.5 Å². The van der Waals surface area contributed by atoms with E-state index in [2.05, 4.69) is 5.32 Å². The molecule has 7 nitrogen and oxygen atoms in total. The van der Waals surface area contributed by atoms with E-state index in [4.69, 9.17) is 16.7 Å². The van der Waals surface area contributed by atoms with Crippen molar-refractivity contribution in [1.29, 1.82) is 0 Å². The molecule has 0 bridgehead atoms. The molecule has 0 saturated heterocycles. The molecule has 174 valence electrons. The Hall–Kier alpha value is -3.84. The van der Waals surface area contributed by atoms with Gasteiger partial charge in [-0.3, -0.25) is 9.59 Å². The smallest absolute Gasteiger partial charge is 0.323 e. The van der Waals surface area contributed by atoms with Gasteiger partial charge in [-0.25, -0.2) is 4.79 Å². The zero-order chi connectivity index (χ0) is 24.2. The zero-order valence-corrected chi connectivity index (χ0v) is 19.3. The molecule has 2 N–H and O–H groups in total. The number of hydrogen-bond acceptors (Lipinski definition) is 3. The normalized spacial score (nSPS) is 15.3. The number of anilines is 1. The predicted molar refractivity (Wildman–Crippen MR) is 131 cm³/mol. The summed E-state index contributed by atoms with van der Waals surface area (Å²) in [6.07, 6.45) is 0. The van der Waals surface area contributed by atoms with Gasteiger partial charge in [0.05, 0.1) is 10.6 Å². The van der Waals surface area contributed by atoms with Gasteiger partial charge in [0.15, 0.2) is 0 Å². The fourth-order valence-electron chi connectivity index (χ4n) is 4.07. The minimum Gasteiger partial charge on any atom is -0.480 e. The Morgan fingerprint density at radius 1 is 1.00 bits per heavy atom. The van der Waals surface area contributed by atoms with Crippen LogP contribution in [-0.4, -0.2) is 47.0 Å². The van der Waals surface area contributed by atoms with Gasteiger partial charge >= 0.3 is 12.0 Å². The number of carbonyl (C=O) groups excluding carboxylic acids is 2. The summed E-state index contributed by atoms with van der Waals surface area (Å²) in [5, 5.41) is 11.7. The number of carboxylic acid groups (broad SMARTS) is 1. The van der Waals surface area contributed by atoms with E-state index in [0.29, 0.717) is 16.3 Å². The Morgan fingerprint density at radius 2 is 1.71 bits per heavy atom. The van der Waals surface area contributed by atoms with Crippen LogP contribution in [0, 0.1) is 0 Å². The van der Waals surface area contributed by atoms with Crippen molar-refractivity contribution in [3.8, 4) is 11.1 Å². The third kappa shape index (κ3) is 4.89. The van der Waals surface area contributed by atoms with E-state index in [1.165, 1.54) is 4.90 Å². The lowest BCUT2D eigenvalue weighted by molar-refractivity contribution is -0.135. The van der Waals surface area contributed by atoms with Crippen LogP contribution in [0.3, 0.4) is 0 Å². The van der Waals surface area contributed by atoms with Gasteiger partial charge < -0.3 is 20.2 Å². The highest BCUT2D eigenvalue weighted by molar-refractivity contribution is 6.35. The number of urea groups is 1. The average molecular weight is 478 g/mol. The van der Waals surface area contributed by atoms with Crippen LogP contribution in [0.5, 0.6) is 0 Å². The highest BCUT2D eigenvalue weighted by atomic mass is 35.5. The van der Waals surface area contributed by atoms with Gasteiger partial charge in [-0.1, -0.05) is 66.2 Å². The number of carbonyl (C=O) groups is 3. The fraction of sp³-hybridized carbons (Fsp3) is 0.192. The number of aliphatic carboxylic acids is 1. The molecule has 1 aliphatic rings. The van der Waals surface area contributed by atoms with Gasteiger partial charge in [0.25, 0.3) is 5.91 Å². The molecule has 34 heavy (non-hydrogen) atoms. The highest BCUT2D eigenvalue weighted by Gasteiger charge is 2.32. The number of hydrogen-bond donors (Lipinski definition) is 2. The number of para-hydroxylation sites is 1. The van der Waals surface area contributed by atoms with Crippen molar-refractivity contribution in [2.24, 2.45) is 0 Å². The quantitative estimate of drug-likeness (QED) is 0.572. The average Bonchev–Trinajstić information content (AvgIpc) is 2.99. The molecule has 3 amide bonds. The molecule has 3 aromatic carbocycles. The van der Waals surface area contributed by atoms with Gasteiger partial charge in [-0.2, -0.15) is 0 Å². The van der Waals surface area contributed by atoms with E-state index < -0.39 is 18.5 Å². The molecule has 1 atom stereocenters. The van der Waals surface area contributed by atoms with Crippen molar-refractivity contribution in [3.63, 3.8) is 0 Å². The van der Waals surface area contributed by atoms with Crippen LogP contribution in [0.4, 0.5) is 10.5 Å². The predicted octanol–water partition coefficient (Wildman–Crippen LogP) is 4.65. The Morgan fingerprint density at radius 3 is 2.41 bits per heavy atom. The Labute approximate surface area is 202 Å². The molecular weight excluding hydrogens is 454 g/mol. The molecule has 4 rings (SSSR count). The second-order valence-corrected chi connectivity index (χ2v) is 8.54. The maximum Gasteiger partial charge on any atom is 0.323 e. The Kier molecular flexibility index (Phi) is 6.84. The number of nitrogens with zero attached hydrogens (tertiary/aromatic N) is 2. The van der Waals surface area contributed by atoms with Gasteiger partial charge in [0.2, 0.25) is 0 Å². The first-order valence-corrected chi connectivity index (χ1v) is 11.2. The number of halogens is 1. The van der Waals surface area contributed by atoms with Gasteiger partial charge in [-0.15, -0.1) is 0 Å². The number of carboxylic acids is 1. The molecule has 0 fully saturated rings. The minimum absolute atomic E-state index is 0.229. The number of fused-ring (bicyclic) bond motifs is 1. The molecule has 0 spiro atoms. The van der Waals surface area contributed by atoms with Crippen molar-refractivity contribution in [2.75, 3.05) is 18.0 Å². The summed E-state index contributed by atoms with van der Waals surface area (Å²) < 4.78 is 0. The lowest BCUT2D eigenvalue weighted by Crippen LogP contribution is -2.49. The van der Waals surface area contributed by atoms with Crippen LogP contribution in [0.15, 0.2) is 72.8 Å². The number of benzene rings is 3. The number of amides is 3. The summed E-state index contributed by atoms with van der Waals surface area (Å²) in [5.41, 5.74) is 3.75. The van der Waals surface area contributed by atoms with Crippen LogP contribution in [0.1, 0.15) is 22.8 Å². The molecule has 8 heteroatoms. The van der Waals surface area contributed by atoms with Crippen LogP contribution < -0.4 is 10.2 Å². The van der Waals surface area contributed by atoms with Gasteiger partial charge in [0.1, 0.15) is 6.54 Å². The van der Waals surface area contributed by atoms with Crippen LogP contribution in [0.2, 0.25) is 5.02 Å². The topological polar surface area (TPSA) is 90.0 Å². The largest absolute Gasteiger partial charge is 0.480 e. The Bertz CT molecular complexity index is 1230. The van der Waals surface area contributed by atoms with Gasteiger partial charge in [0, 0.05) is 24.8 Å². The molecule has 0 radical (unpaired) electrons. The monoisotopic (exact) mass is 477 g/mol. The summed E-state index contributed by atoms with van der Waals surface area (Å²) in [4.78, 5) is 40.4. The van der Waals surface area contributed by atoms with E-state index in [9.17, 15) is 14.4 Å². The van der Waals surface area contributed by atoms with Crippen molar-refractivity contribution in [1.82, 2.24) is 10.2 Å². The minimum atomic E-state index is -1.12. The first-order chi connectivity index (χ1) is 16.3. The summed E-state index contributed by atoms with van der Waals surface area (Å²) in [7, 11) is 0. The maximum atomic E-state index is 13.7. The molecule has 0 aromatic heterocycles. The summed E-state index contributed by atoms with van der Waals surface area (Å²) in [6.45, 7) is 1.82. The Balaban J connectivity index is 1.64. The second kappa shape index (κ2) is 9.97. The van der Waals surface area contributed by atoms with Crippen LogP contribution in [0.25, 0.3) is 11.1 Å². The standard InChI is InChI=1S/C26H24ClN3O4/c1-17-15-30(23-10-6-5-9-20(23)16-29(17)26(34)28-14-24(31)32)25(33)21-12-11-19(13-22(21)27)18-7-3-2-4-8-18/h2-13,17H,14-16H2,1H3,(H,28,34)(H,31,32)/t17-/m1/s1. The lowest BCUT2D eigenvalue weighted by Gasteiger charge is -2.29. The third-order valence-electron chi connectivity index (χ3n) is 5.81. The van der Waals surface area contributed by atoms with E-state index in [1.807, 2.05) is 67.6 Å². The van der Waals surface area contributed by atoms with E-state index in [1.54, 1.807) is 17.0 Å². The van der Waals surface area contributed by atoms with Gasteiger partial charge in [-0.05, 0) is 41.8 Å².